The van der Waals surface area contributed by atoms with E-state index in [1.807, 2.05) is 11.8 Å². The molecule has 0 aliphatic rings. The molecule has 0 atom stereocenters. The normalized spacial score (nSPS) is 9.64. The molecule has 0 aromatic heterocycles. The summed E-state index contributed by atoms with van der Waals surface area (Å²) in [5.41, 5.74) is 0. The van der Waals surface area contributed by atoms with Crippen LogP contribution in [0.25, 0.3) is 0 Å². The minimum Gasteiger partial charge on any atom is -0.469 e. The van der Waals surface area contributed by atoms with Crippen molar-refractivity contribution in [3.05, 3.63) is 0 Å². The van der Waals surface area contributed by atoms with E-state index in [4.69, 9.17) is 0 Å². The van der Waals surface area contributed by atoms with Gasteiger partial charge in [-0.05, 0) is 24.9 Å². The third kappa shape index (κ3) is 7.72. The molecule has 0 rings (SSSR count). The number of methoxy groups -OCH3 is 1. The molecule has 0 spiro atoms. The van der Waals surface area contributed by atoms with E-state index in [-0.39, 0.29) is 5.97 Å². The molecule has 0 bridgehead atoms. The molecule has 0 aliphatic carbocycles. The number of ether oxygens (including phenoxy) is 1. The maximum absolute atomic E-state index is 10.6. The highest BCUT2D eigenvalue weighted by Gasteiger charge is 1.97. The predicted molar refractivity (Wildman–Crippen MR) is 48.9 cm³/mol. The van der Waals surface area contributed by atoms with Crippen LogP contribution in [0.1, 0.15) is 25.7 Å². The van der Waals surface area contributed by atoms with Crippen LogP contribution < -0.4 is 0 Å². The standard InChI is InChI=1S/C8H16O2S/c1-10-8(9)6-4-3-5-7-11-2/h3-7H2,1-2H3. The Balaban J connectivity index is 2.95. The van der Waals surface area contributed by atoms with Crippen molar-refractivity contribution in [3.8, 4) is 0 Å². The van der Waals surface area contributed by atoms with Crippen molar-refractivity contribution >= 4 is 17.7 Å². The Morgan fingerprint density at radius 1 is 1.36 bits per heavy atom. The maximum atomic E-state index is 10.6. The number of thioether (sulfide) groups is 1. The monoisotopic (exact) mass is 176 g/mol. The van der Waals surface area contributed by atoms with Gasteiger partial charge in [0.25, 0.3) is 0 Å². The number of esters is 1. The summed E-state index contributed by atoms with van der Waals surface area (Å²) in [6.07, 6.45) is 5.98. The molecule has 0 radical (unpaired) electrons. The zero-order chi connectivity index (χ0) is 8.53. The number of unbranched alkanes of at least 4 members (excludes halogenated alkanes) is 2. The van der Waals surface area contributed by atoms with Gasteiger partial charge in [-0.3, -0.25) is 4.79 Å². The number of carbonyl (C=O) groups excluding carboxylic acids is 1. The highest BCUT2D eigenvalue weighted by atomic mass is 32.2. The first-order chi connectivity index (χ1) is 5.31. The molecule has 0 saturated carbocycles. The Labute approximate surface area is 72.7 Å². The molecular formula is C8H16O2S. The number of hydrogen-bond donors (Lipinski definition) is 0. The lowest BCUT2D eigenvalue weighted by atomic mass is 10.2. The van der Waals surface area contributed by atoms with Crippen LogP contribution in [0, 0.1) is 0 Å². The molecule has 0 amide bonds. The Morgan fingerprint density at radius 3 is 2.64 bits per heavy atom. The second kappa shape index (κ2) is 7.92. The van der Waals surface area contributed by atoms with Crippen molar-refractivity contribution in [1.29, 1.82) is 0 Å². The van der Waals surface area contributed by atoms with Crippen LogP contribution in [0.2, 0.25) is 0 Å². The summed E-state index contributed by atoms with van der Waals surface area (Å²) in [6.45, 7) is 0. The van der Waals surface area contributed by atoms with E-state index in [1.165, 1.54) is 19.3 Å². The van der Waals surface area contributed by atoms with Gasteiger partial charge in [-0.1, -0.05) is 6.42 Å². The van der Waals surface area contributed by atoms with Gasteiger partial charge in [0.1, 0.15) is 0 Å². The van der Waals surface area contributed by atoms with Gasteiger partial charge < -0.3 is 4.74 Å². The van der Waals surface area contributed by atoms with Crippen molar-refractivity contribution in [2.75, 3.05) is 19.1 Å². The van der Waals surface area contributed by atoms with Crippen molar-refractivity contribution in [2.45, 2.75) is 25.7 Å². The van der Waals surface area contributed by atoms with Crippen molar-refractivity contribution in [2.24, 2.45) is 0 Å². The van der Waals surface area contributed by atoms with Crippen molar-refractivity contribution < 1.29 is 9.53 Å². The van der Waals surface area contributed by atoms with Gasteiger partial charge >= 0.3 is 5.97 Å². The average molecular weight is 176 g/mol. The summed E-state index contributed by atoms with van der Waals surface area (Å²) in [5, 5.41) is 0. The summed E-state index contributed by atoms with van der Waals surface area (Å²) in [4.78, 5) is 10.6. The Bertz CT molecular complexity index is 104. The fourth-order valence-corrected chi connectivity index (χ4v) is 1.29. The molecule has 2 nitrogen and oxygen atoms in total. The van der Waals surface area contributed by atoms with E-state index in [0.29, 0.717) is 6.42 Å². The van der Waals surface area contributed by atoms with Crippen molar-refractivity contribution in [3.63, 3.8) is 0 Å². The first-order valence-corrected chi connectivity index (χ1v) is 5.26. The largest absolute Gasteiger partial charge is 0.469 e. The van der Waals surface area contributed by atoms with E-state index in [0.717, 1.165) is 12.8 Å². The zero-order valence-electron chi connectivity index (χ0n) is 7.26. The third-order valence-corrected chi connectivity index (χ3v) is 2.15. The summed E-state index contributed by atoms with van der Waals surface area (Å²) in [7, 11) is 1.43. The molecule has 11 heavy (non-hydrogen) atoms. The quantitative estimate of drug-likeness (QED) is 0.458. The van der Waals surface area contributed by atoms with Gasteiger partial charge in [0.05, 0.1) is 7.11 Å². The molecule has 0 fully saturated rings. The van der Waals surface area contributed by atoms with Crippen LogP contribution in [0.3, 0.4) is 0 Å². The maximum Gasteiger partial charge on any atom is 0.305 e. The number of carbonyl (C=O) groups is 1. The molecule has 0 aromatic rings. The molecule has 0 saturated heterocycles. The molecule has 0 aromatic carbocycles. The minimum atomic E-state index is -0.0887. The van der Waals surface area contributed by atoms with Gasteiger partial charge in [-0.15, -0.1) is 0 Å². The third-order valence-electron chi connectivity index (χ3n) is 1.46. The van der Waals surface area contributed by atoms with E-state index in [9.17, 15) is 4.79 Å². The first-order valence-electron chi connectivity index (χ1n) is 3.87. The summed E-state index contributed by atoms with van der Waals surface area (Å²) in [6, 6.07) is 0. The lowest BCUT2D eigenvalue weighted by Gasteiger charge is -1.98. The van der Waals surface area contributed by atoms with Gasteiger partial charge in [0.2, 0.25) is 0 Å². The minimum absolute atomic E-state index is 0.0887. The van der Waals surface area contributed by atoms with Crippen LogP contribution in [0.4, 0.5) is 0 Å². The highest BCUT2D eigenvalue weighted by Crippen LogP contribution is 2.04. The Kier molecular flexibility index (Phi) is 7.79. The first kappa shape index (κ1) is 10.8. The molecule has 0 heterocycles. The topological polar surface area (TPSA) is 26.3 Å². The molecule has 0 unspecified atom stereocenters. The smallest absolute Gasteiger partial charge is 0.305 e. The molecule has 0 N–H and O–H groups in total. The van der Waals surface area contributed by atoms with Crippen LogP contribution in [0.5, 0.6) is 0 Å². The summed E-state index contributed by atoms with van der Waals surface area (Å²) in [5.74, 6) is 1.11. The fraction of sp³-hybridized carbons (Fsp3) is 0.875. The van der Waals surface area contributed by atoms with E-state index in [2.05, 4.69) is 11.0 Å². The lowest BCUT2D eigenvalue weighted by molar-refractivity contribution is -0.140. The lowest BCUT2D eigenvalue weighted by Crippen LogP contribution is -1.99. The highest BCUT2D eigenvalue weighted by molar-refractivity contribution is 7.98. The van der Waals surface area contributed by atoms with E-state index < -0.39 is 0 Å². The summed E-state index contributed by atoms with van der Waals surface area (Å²) >= 11 is 1.85. The molecule has 3 heteroatoms. The van der Waals surface area contributed by atoms with Crippen LogP contribution >= 0.6 is 11.8 Å². The van der Waals surface area contributed by atoms with Crippen LogP contribution in [-0.2, 0) is 9.53 Å². The van der Waals surface area contributed by atoms with Gasteiger partial charge in [0.15, 0.2) is 0 Å². The SMILES string of the molecule is COC(=O)CCCCCSC. The Hall–Kier alpha value is -0.180. The van der Waals surface area contributed by atoms with E-state index in [1.54, 1.807) is 0 Å². The van der Waals surface area contributed by atoms with Crippen LogP contribution in [-0.4, -0.2) is 25.1 Å². The van der Waals surface area contributed by atoms with Gasteiger partial charge in [-0.25, -0.2) is 0 Å². The summed E-state index contributed by atoms with van der Waals surface area (Å²) < 4.78 is 4.51. The second-order valence-corrected chi connectivity index (χ2v) is 3.37. The number of rotatable bonds is 6. The van der Waals surface area contributed by atoms with Gasteiger partial charge in [-0.2, -0.15) is 11.8 Å². The number of hydrogen-bond acceptors (Lipinski definition) is 3. The second-order valence-electron chi connectivity index (χ2n) is 2.38. The van der Waals surface area contributed by atoms with Crippen molar-refractivity contribution in [1.82, 2.24) is 0 Å². The molecular weight excluding hydrogens is 160 g/mol. The molecule has 66 valence electrons. The average Bonchev–Trinajstić information content (AvgIpc) is 2.04. The van der Waals surface area contributed by atoms with Gasteiger partial charge in [0, 0.05) is 6.42 Å². The fourth-order valence-electron chi connectivity index (χ4n) is 0.795. The Morgan fingerprint density at radius 2 is 2.09 bits per heavy atom. The molecule has 0 aliphatic heterocycles. The zero-order valence-corrected chi connectivity index (χ0v) is 8.08. The van der Waals surface area contributed by atoms with Crippen LogP contribution in [0.15, 0.2) is 0 Å². The predicted octanol–water partition coefficient (Wildman–Crippen LogP) is 2.08. The van der Waals surface area contributed by atoms with E-state index >= 15 is 0 Å².